The first-order valence-electron chi connectivity index (χ1n) is 7.88. The number of carbonyl (C=O) groups is 1. The molecule has 0 aromatic heterocycles. The van der Waals surface area contributed by atoms with Crippen LogP contribution in [-0.2, 0) is 6.42 Å². The first-order chi connectivity index (χ1) is 11.0. The Bertz CT molecular complexity index is 595. The van der Waals surface area contributed by atoms with Crippen molar-refractivity contribution in [1.82, 2.24) is 9.80 Å². The van der Waals surface area contributed by atoms with Crippen molar-refractivity contribution in [2.45, 2.75) is 20.3 Å². The van der Waals surface area contributed by atoms with Crippen LogP contribution in [0.2, 0.25) is 0 Å². The molecule has 0 unspecified atom stereocenters. The smallest absolute Gasteiger partial charge is 0.312 e. The van der Waals surface area contributed by atoms with E-state index in [-0.39, 0.29) is 22.9 Å². The fourth-order valence-corrected chi connectivity index (χ4v) is 2.82. The van der Waals surface area contributed by atoms with Gasteiger partial charge in [-0.2, -0.15) is 0 Å². The lowest BCUT2D eigenvalue weighted by atomic mass is 10.0. The van der Waals surface area contributed by atoms with Gasteiger partial charge in [-0.15, -0.1) is 0 Å². The average molecular weight is 321 g/mol. The van der Waals surface area contributed by atoms with E-state index in [0.29, 0.717) is 19.5 Å². The summed E-state index contributed by atoms with van der Waals surface area (Å²) in [5.74, 6) is -0.147. The van der Waals surface area contributed by atoms with Gasteiger partial charge in [-0.05, 0) is 24.6 Å². The molecule has 7 nitrogen and oxygen atoms in total. The number of nitro benzene ring substituents is 1. The molecule has 0 spiro atoms. The lowest BCUT2D eigenvalue weighted by Crippen LogP contribution is -2.48. The zero-order valence-electron chi connectivity index (χ0n) is 13.9. The van der Waals surface area contributed by atoms with Crippen LogP contribution in [0.4, 0.5) is 5.69 Å². The van der Waals surface area contributed by atoms with Crippen molar-refractivity contribution in [2.24, 2.45) is 0 Å². The van der Waals surface area contributed by atoms with Crippen molar-refractivity contribution in [3.8, 4) is 5.75 Å². The molecule has 0 saturated carbocycles. The maximum absolute atomic E-state index is 12.8. The lowest BCUT2D eigenvalue weighted by molar-refractivity contribution is -0.385. The standard InChI is InChI=1S/C16H23N3O4/c1-4-12-10-13(15(23-3)14(11-12)19(21)22)16(20)18-8-6-17(5-2)7-9-18/h10-11H,4-9H2,1-3H3. The predicted octanol–water partition coefficient (Wildman–Crippen LogP) is 1.94. The van der Waals surface area contributed by atoms with Gasteiger partial charge in [0.2, 0.25) is 5.75 Å². The van der Waals surface area contributed by atoms with Crippen LogP contribution in [0, 0.1) is 10.1 Å². The second-order valence-corrected chi connectivity index (χ2v) is 5.53. The van der Waals surface area contributed by atoms with Crippen molar-refractivity contribution in [2.75, 3.05) is 39.8 Å². The lowest BCUT2D eigenvalue weighted by Gasteiger charge is -2.34. The summed E-state index contributed by atoms with van der Waals surface area (Å²) in [5.41, 5.74) is 0.888. The van der Waals surface area contributed by atoms with E-state index < -0.39 is 4.92 Å². The van der Waals surface area contributed by atoms with E-state index in [9.17, 15) is 14.9 Å². The molecule has 0 radical (unpaired) electrons. The van der Waals surface area contributed by atoms with Gasteiger partial charge in [0.05, 0.1) is 17.6 Å². The molecule has 1 aromatic carbocycles. The molecular formula is C16H23N3O4. The summed E-state index contributed by atoms with van der Waals surface area (Å²) < 4.78 is 5.19. The highest BCUT2D eigenvalue weighted by atomic mass is 16.6. The minimum absolute atomic E-state index is 0.0510. The molecular weight excluding hydrogens is 298 g/mol. The highest BCUT2D eigenvalue weighted by Gasteiger charge is 2.28. The molecule has 0 N–H and O–H groups in total. The zero-order valence-corrected chi connectivity index (χ0v) is 13.9. The van der Waals surface area contributed by atoms with Gasteiger partial charge in [-0.3, -0.25) is 14.9 Å². The molecule has 1 amide bonds. The predicted molar refractivity (Wildman–Crippen MR) is 87.0 cm³/mol. The summed E-state index contributed by atoms with van der Waals surface area (Å²) in [7, 11) is 1.36. The van der Waals surface area contributed by atoms with Crippen LogP contribution in [0.25, 0.3) is 0 Å². The van der Waals surface area contributed by atoms with Gasteiger partial charge < -0.3 is 14.5 Å². The minimum atomic E-state index is -0.496. The van der Waals surface area contributed by atoms with Crippen LogP contribution in [0.3, 0.4) is 0 Å². The first kappa shape index (κ1) is 17.2. The van der Waals surface area contributed by atoms with Crippen LogP contribution in [0.5, 0.6) is 5.75 Å². The van der Waals surface area contributed by atoms with E-state index in [4.69, 9.17) is 4.74 Å². The number of hydrogen-bond donors (Lipinski definition) is 0. The van der Waals surface area contributed by atoms with Crippen LogP contribution in [0.1, 0.15) is 29.8 Å². The van der Waals surface area contributed by atoms with Crippen molar-refractivity contribution in [1.29, 1.82) is 0 Å². The second kappa shape index (κ2) is 7.41. The molecule has 23 heavy (non-hydrogen) atoms. The molecule has 1 aliphatic rings. The van der Waals surface area contributed by atoms with E-state index >= 15 is 0 Å². The fourth-order valence-electron chi connectivity index (χ4n) is 2.82. The molecule has 2 rings (SSSR count). The average Bonchev–Trinajstić information content (AvgIpc) is 2.59. The summed E-state index contributed by atoms with van der Waals surface area (Å²) >= 11 is 0. The molecule has 0 aliphatic carbocycles. The number of nitro groups is 1. The molecule has 1 heterocycles. The Kier molecular flexibility index (Phi) is 5.54. The summed E-state index contributed by atoms with van der Waals surface area (Å²) in [5, 5.41) is 11.3. The number of rotatable bonds is 5. The quantitative estimate of drug-likeness (QED) is 0.612. The fraction of sp³-hybridized carbons (Fsp3) is 0.562. The van der Waals surface area contributed by atoms with E-state index in [1.807, 2.05) is 6.92 Å². The van der Waals surface area contributed by atoms with Crippen molar-refractivity contribution in [3.05, 3.63) is 33.4 Å². The normalized spacial score (nSPS) is 15.5. The third kappa shape index (κ3) is 3.61. The summed E-state index contributed by atoms with van der Waals surface area (Å²) in [6.07, 6.45) is 0.620. The monoisotopic (exact) mass is 321 g/mol. The molecule has 1 aliphatic heterocycles. The second-order valence-electron chi connectivity index (χ2n) is 5.53. The Morgan fingerprint density at radius 2 is 1.91 bits per heavy atom. The van der Waals surface area contributed by atoms with E-state index in [1.165, 1.54) is 13.2 Å². The van der Waals surface area contributed by atoms with Gasteiger partial charge in [0, 0.05) is 32.2 Å². The van der Waals surface area contributed by atoms with Gasteiger partial charge in [0.15, 0.2) is 0 Å². The summed E-state index contributed by atoms with van der Waals surface area (Å²) in [6, 6.07) is 3.19. The topological polar surface area (TPSA) is 75.9 Å². The van der Waals surface area contributed by atoms with Gasteiger partial charge in [0.1, 0.15) is 0 Å². The molecule has 1 aromatic rings. The first-order valence-corrected chi connectivity index (χ1v) is 7.88. The minimum Gasteiger partial charge on any atom is -0.490 e. The number of ether oxygens (including phenoxy) is 1. The van der Waals surface area contributed by atoms with Crippen molar-refractivity contribution in [3.63, 3.8) is 0 Å². The molecule has 0 bridgehead atoms. The third-order valence-corrected chi connectivity index (χ3v) is 4.28. The van der Waals surface area contributed by atoms with Crippen LogP contribution in [-0.4, -0.2) is 60.5 Å². The maximum Gasteiger partial charge on any atom is 0.312 e. The number of piperazine rings is 1. The van der Waals surface area contributed by atoms with Crippen LogP contribution in [0.15, 0.2) is 12.1 Å². The Morgan fingerprint density at radius 1 is 1.26 bits per heavy atom. The summed E-state index contributed by atoms with van der Waals surface area (Å²) in [4.78, 5) is 27.6. The number of carbonyl (C=O) groups excluding carboxylic acids is 1. The van der Waals surface area contributed by atoms with E-state index in [1.54, 1.807) is 11.0 Å². The Hall–Kier alpha value is -2.15. The Labute approximate surface area is 136 Å². The van der Waals surface area contributed by atoms with E-state index in [2.05, 4.69) is 11.8 Å². The highest BCUT2D eigenvalue weighted by Crippen LogP contribution is 2.33. The van der Waals surface area contributed by atoms with Crippen LogP contribution >= 0.6 is 0 Å². The SMILES string of the molecule is CCc1cc(C(=O)N2CCN(CC)CC2)c(OC)c([N+](=O)[O-])c1. The third-order valence-electron chi connectivity index (χ3n) is 4.28. The molecule has 126 valence electrons. The van der Waals surface area contributed by atoms with Gasteiger partial charge in [-0.25, -0.2) is 0 Å². The summed E-state index contributed by atoms with van der Waals surface area (Å²) in [6.45, 7) is 7.84. The Balaban J connectivity index is 2.35. The number of methoxy groups -OCH3 is 1. The van der Waals surface area contributed by atoms with Crippen LogP contribution < -0.4 is 4.74 Å². The largest absolute Gasteiger partial charge is 0.490 e. The highest BCUT2D eigenvalue weighted by molar-refractivity contribution is 5.98. The van der Waals surface area contributed by atoms with Gasteiger partial charge in [0.25, 0.3) is 5.91 Å². The molecule has 0 atom stereocenters. The number of benzene rings is 1. The molecule has 1 saturated heterocycles. The number of amides is 1. The van der Waals surface area contributed by atoms with Crippen molar-refractivity contribution >= 4 is 11.6 Å². The number of hydrogen-bond acceptors (Lipinski definition) is 5. The molecule has 7 heteroatoms. The number of likely N-dealkylation sites (N-methyl/N-ethyl adjacent to an activating group) is 1. The molecule has 1 fully saturated rings. The zero-order chi connectivity index (χ0) is 17.0. The number of aryl methyl sites for hydroxylation is 1. The maximum atomic E-state index is 12.8. The van der Waals surface area contributed by atoms with E-state index in [0.717, 1.165) is 25.2 Å². The van der Waals surface area contributed by atoms with Gasteiger partial charge >= 0.3 is 5.69 Å². The van der Waals surface area contributed by atoms with Gasteiger partial charge in [-0.1, -0.05) is 13.8 Å². The Morgan fingerprint density at radius 3 is 2.39 bits per heavy atom. The van der Waals surface area contributed by atoms with Crippen molar-refractivity contribution < 1.29 is 14.5 Å². The number of nitrogens with zero attached hydrogens (tertiary/aromatic N) is 3.